The second kappa shape index (κ2) is 6.38. The number of hydrogen-bond acceptors (Lipinski definition) is 3. The number of ether oxygens (including phenoxy) is 1. The van der Waals surface area contributed by atoms with Crippen molar-refractivity contribution in [3.63, 3.8) is 0 Å². The third kappa shape index (κ3) is 6.35. The molecular weight excluding hydrogens is 176 g/mol. The van der Waals surface area contributed by atoms with Crippen molar-refractivity contribution in [3.8, 4) is 0 Å². The summed E-state index contributed by atoms with van der Waals surface area (Å²) in [6.45, 7) is 11.4. The first kappa shape index (κ1) is 13.9. The average molecular weight is 202 g/mol. The summed E-state index contributed by atoms with van der Waals surface area (Å²) < 4.78 is 5.15. The predicted octanol–water partition coefficient (Wildman–Crippen LogP) is 1.47. The summed E-state index contributed by atoms with van der Waals surface area (Å²) in [6, 6.07) is 0.479. The van der Waals surface area contributed by atoms with Crippen LogP contribution < -0.4 is 5.73 Å². The van der Waals surface area contributed by atoms with Gasteiger partial charge in [0.1, 0.15) is 0 Å². The maximum absolute atomic E-state index is 5.95. The minimum absolute atomic E-state index is 0.0692. The smallest absolute Gasteiger partial charge is 0.0615 e. The van der Waals surface area contributed by atoms with Gasteiger partial charge in [0, 0.05) is 25.2 Å². The summed E-state index contributed by atoms with van der Waals surface area (Å²) in [5.41, 5.74) is 5.89. The zero-order valence-corrected chi connectivity index (χ0v) is 10.3. The molecule has 14 heavy (non-hydrogen) atoms. The molecule has 2 N–H and O–H groups in total. The Morgan fingerprint density at radius 3 is 2.36 bits per heavy atom. The first-order valence-corrected chi connectivity index (χ1v) is 5.42. The fourth-order valence-corrected chi connectivity index (χ4v) is 1.47. The van der Waals surface area contributed by atoms with Gasteiger partial charge in [-0.1, -0.05) is 6.92 Å². The molecule has 0 amide bonds. The van der Waals surface area contributed by atoms with Crippen LogP contribution in [-0.4, -0.2) is 43.3 Å². The lowest BCUT2D eigenvalue weighted by Gasteiger charge is -2.30. The lowest BCUT2D eigenvalue weighted by molar-refractivity contribution is 0.0982. The van der Waals surface area contributed by atoms with Crippen LogP contribution in [0.25, 0.3) is 0 Å². The average Bonchev–Trinajstić information content (AvgIpc) is 2.03. The SMILES string of the molecule is CCN(CCC(C)(C)N)C(C)COC. The van der Waals surface area contributed by atoms with Gasteiger partial charge in [0.15, 0.2) is 0 Å². The number of rotatable bonds is 7. The molecule has 0 aliphatic rings. The summed E-state index contributed by atoms with van der Waals surface area (Å²) in [4.78, 5) is 2.40. The highest BCUT2D eigenvalue weighted by molar-refractivity contribution is 4.75. The minimum atomic E-state index is -0.0692. The number of likely N-dealkylation sites (N-methyl/N-ethyl adjacent to an activating group) is 1. The third-order valence-electron chi connectivity index (χ3n) is 2.48. The molecule has 0 spiro atoms. The Hall–Kier alpha value is -0.120. The molecule has 0 aliphatic carbocycles. The van der Waals surface area contributed by atoms with Crippen LogP contribution in [0.1, 0.15) is 34.1 Å². The largest absolute Gasteiger partial charge is 0.383 e. The number of nitrogens with two attached hydrogens (primary N) is 1. The van der Waals surface area contributed by atoms with E-state index in [2.05, 4.69) is 32.6 Å². The van der Waals surface area contributed by atoms with Gasteiger partial charge in [0.25, 0.3) is 0 Å². The molecule has 0 rings (SSSR count). The Morgan fingerprint density at radius 2 is 2.00 bits per heavy atom. The van der Waals surface area contributed by atoms with Gasteiger partial charge in [-0.05, 0) is 33.7 Å². The fourth-order valence-electron chi connectivity index (χ4n) is 1.47. The highest BCUT2D eigenvalue weighted by Crippen LogP contribution is 2.07. The van der Waals surface area contributed by atoms with E-state index >= 15 is 0 Å². The number of methoxy groups -OCH3 is 1. The van der Waals surface area contributed by atoms with Crippen molar-refractivity contribution in [1.29, 1.82) is 0 Å². The van der Waals surface area contributed by atoms with Gasteiger partial charge in [-0.2, -0.15) is 0 Å². The van der Waals surface area contributed by atoms with Gasteiger partial charge in [-0.3, -0.25) is 4.90 Å². The Labute approximate surface area is 88.6 Å². The standard InChI is InChI=1S/C11H26N2O/c1-6-13(10(2)9-14-5)8-7-11(3,4)12/h10H,6-9,12H2,1-5H3. The minimum Gasteiger partial charge on any atom is -0.383 e. The van der Waals surface area contributed by atoms with Crippen LogP contribution in [0.4, 0.5) is 0 Å². The van der Waals surface area contributed by atoms with Crippen LogP contribution in [-0.2, 0) is 4.74 Å². The van der Waals surface area contributed by atoms with Crippen LogP contribution in [0.5, 0.6) is 0 Å². The van der Waals surface area contributed by atoms with Crippen LogP contribution in [0.3, 0.4) is 0 Å². The van der Waals surface area contributed by atoms with E-state index in [1.807, 2.05) is 0 Å². The van der Waals surface area contributed by atoms with Gasteiger partial charge in [0.2, 0.25) is 0 Å². The fraction of sp³-hybridized carbons (Fsp3) is 1.00. The quantitative estimate of drug-likeness (QED) is 0.679. The van der Waals surface area contributed by atoms with Crippen molar-refractivity contribution in [2.24, 2.45) is 5.73 Å². The van der Waals surface area contributed by atoms with Crippen molar-refractivity contribution < 1.29 is 4.74 Å². The molecule has 0 saturated carbocycles. The van der Waals surface area contributed by atoms with E-state index in [4.69, 9.17) is 10.5 Å². The molecule has 0 bridgehead atoms. The van der Waals surface area contributed by atoms with Crippen molar-refractivity contribution >= 4 is 0 Å². The van der Waals surface area contributed by atoms with Crippen molar-refractivity contribution in [3.05, 3.63) is 0 Å². The molecule has 3 nitrogen and oxygen atoms in total. The third-order valence-corrected chi connectivity index (χ3v) is 2.48. The molecular formula is C11H26N2O. The molecule has 0 radical (unpaired) electrons. The summed E-state index contributed by atoms with van der Waals surface area (Å²) >= 11 is 0. The van der Waals surface area contributed by atoms with E-state index in [1.54, 1.807) is 7.11 Å². The maximum atomic E-state index is 5.95. The van der Waals surface area contributed by atoms with E-state index in [-0.39, 0.29) is 5.54 Å². The molecule has 0 heterocycles. The van der Waals surface area contributed by atoms with E-state index in [9.17, 15) is 0 Å². The topological polar surface area (TPSA) is 38.5 Å². The molecule has 0 aliphatic heterocycles. The van der Waals surface area contributed by atoms with Crippen LogP contribution in [0.15, 0.2) is 0 Å². The first-order chi connectivity index (χ1) is 6.40. The van der Waals surface area contributed by atoms with E-state index in [0.29, 0.717) is 6.04 Å². The summed E-state index contributed by atoms with van der Waals surface area (Å²) in [6.07, 6.45) is 1.02. The van der Waals surface area contributed by atoms with Gasteiger partial charge in [0.05, 0.1) is 6.61 Å². The Balaban J connectivity index is 3.90. The normalized spacial score (nSPS) is 14.8. The van der Waals surface area contributed by atoms with Crippen LogP contribution in [0.2, 0.25) is 0 Å². The van der Waals surface area contributed by atoms with Gasteiger partial charge in [-0.25, -0.2) is 0 Å². The van der Waals surface area contributed by atoms with Gasteiger partial charge >= 0.3 is 0 Å². The highest BCUT2D eigenvalue weighted by atomic mass is 16.5. The molecule has 0 aromatic heterocycles. The zero-order chi connectivity index (χ0) is 11.2. The molecule has 3 heteroatoms. The molecule has 1 atom stereocenters. The summed E-state index contributed by atoms with van der Waals surface area (Å²) in [5.74, 6) is 0. The Morgan fingerprint density at radius 1 is 1.43 bits per heavy atom. The second-order valence-electron chi connectivity index (χ2n) is 4.67. The molecule has 1 unspecified atom stereocenters. The number of hydrogen-bond donors (Lipinski definition) is 1. The highest BCUT2D eigenvalue weighted by Gasteiger charge is 2.16. The molecule has 0 aromatic rings. The van der Waals surface area contributed by atoms with E-state index < -0.39 is 0 Å². The Kier molecular flexibility index (Phi) is 6.33. The van der Waals surface area contributed by atoms with Crippen molar-refractivity contribution in [1.82, 2.24) is 4.90 Å². The molecule has 0 aromatic carbocycles. The summed E-state index contributed by atoms with van der Waals surface area (Å²) in [7, 11) is 1.75. The van der Waals surface area contributed by atoms with Gasteiger partial charge < -0.3 is 10.5 Å². The molecule has 0 fully saturated rings. The van der Waals surface area contributed by atoms with Gasteiger partial charge in [-0.15, -0.1) is 0 Å². The first-order valence-electron chi connectivity index (χ1n) is 5.42. The number of nitrogens with zero attached hydrogens (tertiary/aromatic N) is 1. The lowest BCUT2D eigenvalue weighted by atomic mass is 10.0. The summed E-state index contributed by atoms with van der Waals surface area (Å²) in [5, 5.41) is 0. The van der Waals surface area contributed by atoms with Crippen LogP contribution >= 0.6 is 0 Å². The van der Waals surface area contributed by atoms with E-state index in [1.165, 1.54) is 0 Å². The van der Waals surface area contributed by atoms with Crippen molar-refractivity contribution in [2.45, 2.75) is 45.7 Å². The van der Waals surface area contributed by atoms with Crippen molar-refractivity contribution in [2.75, 3.05) is 26.8 Å². The second-order valence-corrected chi connectivity index (χ2v) is 4.67. The lowest BCUT2D eigenvalue weighted by Crippen LogP contribution is -2.42. The maximum Gasteiger partial charge on any atom is 0.0615 e. The monoisotopic (exact) mass is 202 g/mol. The predicted molar refractivity (Wildman–Crippen MR) is 61.5 cm³/mol. The Bertz CT molecular complexity index is 143. The van der Waals surface area contributed by atoms with Crippen LogP contribution in [0, 0.1) is 0 Å². The zero-order valence-electron chi connectivity index (χ0n) is 10.3. The molecule has 86 valence electrons. The molecule has 0 saturated heterocycles. The van der Waals surface area contributed by atoms with E-state index in [0.717, 1.165) is 26.1 Å².